The number of carbonyl (C=O) groups excluding carboxylic acids is 1. The number of ether oxygens (including phenoxy) is 1. The summed E-state index contributed by atoms with van der Waals surface area (Å²) < 4.78 is 5.73. The molecule has 5 heteroatoms. The van der Waals surface area contributed by atoms with Crippen LogP contribution in [0.25, 0.3) is 0 Å². The summed E-state index contributed by atoms with van der Waals surface area (Å²) >= 11 is 0. The molecule has 2 aromatic rings. The second-order valence-corrected chi connectivity index (χ2v) is 6.76. The quantitative estimate of drug-likeness (QED) is 0.831. The van der Waals surface area contributed by atoms with Crippen molar-refractivity contribution in [2.45, 2.75) is 25.9 Å². The van der Waals surface area contributed by atoms with Gasteiger partial charge in [0.05, 0.1) is 5.69 Å². The van der Waals surface area contributed by atoms with Gasteiger partial charge in [-0.3, -0.25) is 9.78 Å². The van der Waals surface area contributed by atoms with Gasteiger partial charge in [0.15, 0.2) is 0 Å². The molecule has 1 aromatic carbocycles. The average Bonchev–Trinajstić information content (AvgIpc) is 2.72. The second-order valence-electron chi connectivity index (χ2n) is 6.76. The second kappa shape index (κ2) is 9.34. The standard InChI is InChI=1S/C21H27N3O2/c1-22-13-9-17-10-14-24(15-11-17)21(25)18-5-7-20(8-6-18)26-16-19-4-2-3-12-23-19/h2-8,12,17,22H,9-11,13-16H2,1H3. The normalized spacial score (nSPS) is 15.0. The van der Waals surface area contributed by atoms with E-state index >= 15 is 0 Å². The summed E-state index contributed by atoms with van der Waals surface area (Å²) in [5, 5.41) is 3.20. The highest BCUT2D eigenvalue weighted by atomic mass is 16.5. The number of aromatic nitrogens is 1. The minimum absolute atomic E-state index is 0.119. The molecule has 3 rings (SSSR count). The maximum absolute atomic E-state index is 12.7. The van der Waals surface area contributed by atoms with Gasteiger partial charge in [-0.05, 0) is 75.2 Å². The first-order valence-corrected chi connectivity index (χ1v) is 9.33. The predicted octanol–water partition coefficient (Wildman–Crippen LogP) is 3.12. The third kappa shape index (κ3) is 5.05. The van der Waals surface area contributed by atoms with Crippen LogP contribution < -0.4 is 10.1 Å². The number of hydrogen-bond acceptors (Lipinski definition) is 4. The lowest BCUT2D eigenvalue weighted by Crippen LogP contribution is -2.38. The van der Waals surface area contributed by atoms with Crippen molar-refractivity contribution in [2.75, 3.05) is 26.7 Å². The monoisotopic (exact) mass is 353 g/mol. The van der Waals surface area contributed by atoms with Crippen LogP contribution in [-0.4, -0.2) is 42.5 Å². The lowest BCUT2D eigenvalue weighted by atomic mass is 9.93. The number of carbonyl (C=O) groups is 1. The van der Waals surface area contributed by atoms with Gasteiger partial charge in [-0.1, -0.05) is 6.07 Å². The van der Waals surface area contributed by atoms with Crippen molar-refractivity contribution in [3.63, 3.8) is 0 Å². The van der Waals surface area contributed by atoms with Crippen molar-refractivity contribution in [3.8, 4) is 5.75 Å². The van der Waals surface area contributed by atoms with Gasteiger partial charge in [0.2, 0.25) is 0 Å². The molecule has 0 bridgehead atoms. The van der Waals surface area contributed by atoms with Gasteiger partial charge in [0.25, 0.3) is 5.91 Å². The van der Waals surface area contributed by atoms with Crippen molar-refractivity contribution in [2.24, 2.45) is 5.92 Å². The number of amides is 1. The molecule has 1 N–H and O–H groups in total. The topological polar surface area (TPSA) is 54.5 Å². The third-order valence-corrected chi connectivity index (χ3v) is 4.92. The van der Waals surface area contributed by atoms with Crippen molar-refractivity contribution in [1.29, 1.82) is 0 Å². The molecule has 1 saturated heterocycles. The van der Waals surface area contributed by atoms with Gasteiger partial charge in [-0.15, -0.1) is 0 Å². The molecule has 1 amide bonds. The van der Waals surface area contributed by atoms with E-state index in [0.717, 1.165) is 55.4 Å². The van der Waals surface area contributed by atoms with Gasteiger partial charge in [-0.2, -0.15) is 0 Å². The van der Waals surface area contributed by atoms with E-state index in [-0.39, 0.29) is 5.91 Å². The van der Waals surface area contributed by atoms with Crippen LogP contribution in [0.4, 0.5) is 0 Å². The smallest absolute Gasteiger partial charge is 0.253 e. The Balaban J connectivity index is 1.49. The van der Waals surface area contributed by atoms with Crippen molar-refractivity contribution < 1.29 is 9.53 Å². The fourth-order valence-electron chi connectivity index (χ4n) is 3.29. The first-order valence-electron chi connectivity index (χ1n) is 9.33. The minimum atomic E-state index is 0.119. The highest BCUT2D eigenvalue weighted by molar-refractivity contribution is 5.94. The van der Waals surface area contributed by atoms with Crippen LogP contribution in [-0.2, 0) is 6.61 Å². The molecule has 26 heavy (non-hydrogen) atoms. The zero-order valence-corrected chi connectivity index (χ0v) is 15.4. The molecule has 1 aliphatic rings. The number of rotatable bonds is 7. The molecule has 5 nitrogen and oxygen atoms in total. The number of hydrogen-bond donors (Lipinski definition) is 1. The van der Waals surface area contributed by atoms with E-state index in [4.69, 9.17) is 4.74 Å². The molecule has 0 atom stereocenters. The van der Waals surface area contributed by atoms with Gasteiger partial charge in [0.1, 0.15) is 12.4 Å². The Labute approximate surface area is 155 Å². The van der Waals surface area contributed by atoms with Gasteiger partial charge in [-0.25, -0.2) is 0 Å². The molecule has 0 unspecified atom stereocenters. The molecular weight excluding hydrogens is 326 g/mol. The Morgan fingerprint density at radius 1 is 1.19 bits per heavy atom. The van der Waals surface area contributed by atoms with E-state index < -0.39 is 0 Å². The summed E-state index contributed by atoms with van der Waals surface area (Å²) in [7, 11) is 1.99. The van der Waals surface area contributed by atoms with E-state index in [9.17, 15) is 4.79 Å². The molecule has 1 fully saturated rings. The molecule has 2 heterocycles. The summed E-state index contributed by atoms with van der Waals surface area (Å²) in [4.78, 5) is 18.9. The molecule has 1 aliphatic heterocycles. The Morgan fingerprint density at radius 2 is 1.96 bits per heavy atom. The van der Waals surface area contributed by atoms with E-state index in [1.165, 1.54) is 6.42 Å². The van der Waals surface area contributed by atoms with E-state index in [1.807, 2.05) is 54.4 Å². The van der Waals surface area contributed by atoms with Crippen LogP contribution in [0.3, 0.4) is 0 Å². The number of pyridine rings is 1. The highest BCUT2D eigenvalue weighted by Crippen LogP contribution is 2.22. The molecule has 0 radical (unpaired) electrons. The van der Waals surface area contributed by atoms with Gasteiger partial charge < -0.3 is 15.0 Å². The number of benzene rings is 1. The number of nitrogens with zero attached hydrogens (tertiary/aromatic N) is 2. The maximum atomic E-state index is 12.7. The fraction of sp³-hybridized carbons (Fsp3) is 0.429. The lowest BCUT2D eigenvalue weighted by Gasteiger charge is -2.32. The fourth-order valence-corrected chi connectivity index (χ4v) is 3.29. The third-order valence-electron chi connectivity index (χ3n) is 4.92. The first-order chi connectivity index (χ1) is 12.8. The largest absolute Gasteiger partial charge is 0.487 e. The zero-order valence-electron chi connectivity index (χ0n) is 15.4. The molecule has 138 valence electrons. The first kappa shape index (κ1) is 18.4. The van der Waals surface area contributed by atoms with Crippen LogP contribution in [0.2, 0.25) is 0 Å². The van der Waals surface area contributed by atoms with Gasteiger partial charge in [0, 0.05) is 24.8 Å². The Hall–Kier alpha value is -2.40. The lowest BCUT2D eigenvalue weighted by molar-refractivity contribution is 0.0687. The van der Waals surface area contributed by atoms with Crippen molar-refractivity contribution >= 4 is 5.91 Å². The van der Waals surface area contributed by atoms with E-state index in [1.54, 1.807) is 6.20 Å². The van der Waals surface area contributed by atoms with Gasteiger partial charge >= 0.3 is 0 Å². The highest BCUT2D eigenvalue weighted by Gasteiger charge is 2.23. The Morgan fingerprint density at radius 3 is 2.62 bits per heavy atom. The SMILES string of the molecule is CNCCC1CCN(C(=O)c2ccc(OCc3ccccn3)cc2)CC1. The summed E-state index contributed by atoms with van der Waals surface area (Å²) in [5.74, 6) is 1.60. The maximum Gasteiger partial charge on any atom is 0.253 e. The molecule has 0 saturated carbocycles. The van der Waals surface area contributed by atoms with E-state index in [0.29, 0.717) is 6.61 Å². The molecular formula is C21H27N3O2. The summed E-state index contributed by atoms with van der Waals surface area (Å²) in [6, 6.07) is 13.2. The van der Waals surface area contributed by atoms with E-state index in [2.05, 4.69) is 10.3 Å². The van der Waals surface area contributed by atoms with Crippen LogP contribution in [0.1, 0.15) is 35.3 Å². The average molecular weight is 353 g/mol. The Kier molecular flexibility index (Phi) is 6.61. The van der Waals surface area contributed by atoms with Crippen molar-refractivity contribution in [1.82, 2.24) is 15.2 Å². The summed E-state index contributed by atoms with van der Waals surface area (Å²) in [6.45, 7) is 3.18. The summed E-state index contributed by atoms with van der Waals surface area (Å²) in [6.07, 6.45) is 5.14. The number of piperidine rings is 1. The predicted molar refractivity (Wildman–Crippen MR) is 102 cm³/mol. The summed E-state index contributed by atoms with van der Waals surface area (Å²) in [5.41, 5.74) is 1.61. The number of nitrogens with one attached hydrogen (secondary N) is 1. The molecule has 0 aliphatic carbocycles. The Bertz CT molecular complexity index is 680. The minimum Gasteiger partial charge on any atom is -0.487 e. The number of likely N-dealkylation sites (tertiary alicyclic amines) is 1. The van der Waals surface area contributed by atoms with Crippen LogP contribution in [0.15, 0.2) is 48.7 Å². The van der Waals surface area contributed by atoms with Crippen LogP contribution in [0.5, 0.6) is 5.75 Å². The molecule has 0 spiro atoms. The molecule has 1 aromatic heterocycles. The van der Waals surface area contributed by atoms with Crippen molar-refractivity contribution in [3.05, 3.63) is 59.9 Å². The van der Waals surface area contributed by atoms with Crippen LogP contribution >= 0.6 is 0 Å². The van der Waals surface area contributed by atoms with Crippen LogP contribution in [0, 0.1) is 5.92 Å². The zero-order chi connectivity index (χ0) is 18.2.